The highest BCUT2D eigenvalue weighted by Gasteiger charge is 1.97. The molecule has 0 aromatic rings. The summed E-state index contributed by atoms with van der Waals surface area (Å²) in [5, 5.41) is 8.52. The average molecular weight is 129 g/mol. The monoisotopic (exact) mass is 128 g/mol. The predicted octanol–water partition coefficient (Wildman–Crippen LogP) is 0.374. The van der Waals surface area contributed by atoms with E-state index in [4.69, 9.17) is 5.11 Å². The molecule has 0 radical (unpaired) electrons. The summed E-state index contributed by atoms with van der Waals surface area (Å²) >= 11 is 0. The van der Waals surface area contributed by atoms with E-state index in [0.29, 0.717) is 0 Å². The summed E-state index contributed by atoms with van der Waals surface area (Å²) in [6, 6.07) is 0. The van der Waals surface area contributed by atoms with Crippen molar-refractivity contribution in [2.24, 2.45) is 0 Å². The van der Waals surface area contributed by atoms with Crippen LogP contribution < -0.4 is 0 Å². The van der Waals surface area contributed by atoms with Crippen LogP contribution in [0.15, 0.2) is 0 Å². The molecule has 0 bridgehead atoms. The summed E-state index contributed by atoms with van der Waals surface area (Å²) in [6.07, 6.45) is 0. The number of rotatable bonds is 0. The van der Waals surface area contributed by atoms with Crippen LogP contribution in [0.1, 0.15) is 20.8 Å². The van der Waals surface area contributed by atoms with E-state index in [1.807, 2.05) is 0 Å². The van der Waals surface area contributed by atoms with Crippen molar-refractivity contribution in [3.8, 4) is 0 Å². The van der Waals surface area contributed by atoms with Gasteiger partial charge in [-0.25, -0.2) is 0 Å². The molecular weight excluding hydrogens is 115 g/mol. The van der Waals surface area contributed by atoms with Crippen LogP contribution in [0, 0.1) is 0 Å². The third kappa shape index (κ3) is 2500. The molecule has 0 aliphatic heterocycles. The van der Waals surface area contributed by atoms with E-state index in [0.717, 1.165) is 0 Å². The maximum atomic E-state index is 8.52. The SMILES string of the molecule is CC(C)(C)O.Cl.O. The van der Waals surface area contributed by atoms with E-state index < -0.39 is 5.60 Å². The predicted molar refractivity (Wildman–Crippen MR) is 32.8 cm³/mol. The van der Waals surface area contributed by atoms with Gasteiger partial charge < -0.3 is 10.6 Å². The van der Waals surface area contributed by atoms with Gasteiger partial charge in [0.15, 0.2) is 0 Å². The van der Waals surface area contributed by atoms with Crippen molar-refractivity contribution in [3.05, 3.63) is 0 Å². The molecule has 0 unspecified atom stereocenters. The molecule has 0 aliphatic carbocycles. The zero-order chi connectivity index (χ0) is 4.50. The lowest BCUT2D eigenvalue weighted by molar-refractivity contribution is 0.102. The third-order valence-electron chi connectivity index (χ3n) is 0. The lowest BCUT2D eigenvalue weighted by Crippen LogP contribution is -2.10. The van der Waals surface area contributed by atoms with Crippen LogP contribution in [0.2, 0.25) is 0 Å². The van der Waals surface area contributed by atoms with Crippen molar-refractivity contribution in [3.63, 3.8) is 0 Å². The molecule has 0 spiro atoms. The lowest BCUT2D eigenvalue weighted by Gasteiger charge is -2.04. The average Bonchev–Trinajstić information content (AvgIpc) is 0.722. The van der Waals surface area contributed by atoms with E-state index in [1.54, 1.807) is 20.8 Å². The molecule has 0 aliphatic rings. The van der Waals surface area contributed by atoms with Gasteiger partial charge >= 0.3 is 0 Å². The summed E-state index contributed by atoms with van der Waals surface area (Å²) in [5.74, 6) is 0. The van der Waals surface area contributed by atoms with Crippen LogP contribution in [0.25, 0.3) is 0 Å². The van der Waals surface area contributed by atoms with Crippen molar-refractivity contribution < 1.29 is 10.6 Å². The summed E-state index contributed by atoms with van der Waals surface area (Å²) in [4.78, 5) is 0. The first-order valence-corrected chi connectivity index (χ1v) is 1.72. The van der Waals surface area contributed by atoms with E-state index >= 15 is 0 Å². The second-order valence-corrected chi connectivity index (χ2v) is 2.17. The second-order valence-electron chi connectivity index (χ2n) is 2.17. The van der Waals surface area contributed by atoms with Gasteiger partial charge in [-0.1, -0.05) is 0 Å². The van der Waals surface area contributed by atoms with Gasteiger partial charge in [0.2, 0.25) is 0 Å². The molecule has 0 saturated carbocycles. The quantitative estimate of drug-likeness (QED) is 0.504. The highest BCUT2D eigenvalue weighted by Crippen LogP contribution is 1.93. The Morgan fingerprint density at radius 3 is 1.14 bits per heavy atom. The van der Waals surface area contributed by atoms with Gasteiger partial charge in [0.25, 0.3) is 0 Å². The standard InChI is InChI=1S/C4H10O.ClH.H2O/c1-4(2,3)5;;/h5H,1-3H3;1H;1H2. The number of aliphatic hydroxyl groups is 1. The largest absolute Gasteiger partial charge is 0.412 e. The Hall–Kier alpha value is 0.210. The smallest absolute Gasteiger partial charge is 0.0563 e. The van der Waals surface area contributed by atoms with E-state index in [1.165, 1.54) is 0 Å². The summed E-state index contributed by atoms with van der Waals surface area (Å²) in [7, 11) is 0. The second kappa shape index (κ2) is 4.37. The fraction of sp³-hybridized carbons (Fsp3) is 1.00. The summed E-state index contributed by atoms with van der Waals surface area (Å²) in [5.41, 5.74) is -0.500. The summed E-state index contributed by atoms with van der Waals surface area (Å²) in [6.45, 7) is 5.23. The van der Waals surface area contributed by atoms with Crippen molar-refractivity contribution in [1.82, 2.24) is 0 Å². The maximum Gasteiger partial charge on any atom is 0.0563 e. The molecule has 7 heavy (non-hydrogen) atoms. The first-order valence-electron chi connectivity index (χ1n) is 1.72. The molecule has 48 valence electrons. The Labute approximate surface area is 50.3 Å². The van der Waals surface area contributed by atoms with Crippen molar-refractivity contribution in [2.45, 2.75) is 26.4 Å². The Balaban J connectivity index is -0.0000000800. The van der Waals surface area contributed by atoms with Gasteiger partial charge in [-0.15, -0.1) is 12.4 Å². The molecule has 0 aromatic heterocycles. The van der Waals surface area contributed by atoms with Crippen LogP contribution in [-0.4, -0.2) is 16.2 Å². The highest BCUT2D eigenvalue weighted by atomic mass is 35.5. The van der Waals surface area contributed by atoms with E-state index in [9.17, 15) is 0 Å². The Kier molecular flexibility index (Phi) is 9.80. The maximum absolute atomic E-state index is 8.52. The van der Waals surface area contributed by atoms with E-state index in [2.05, 4.69) is 0 Å². The van der Waals surface area contributed by atoms with Gasteiger partial charge in [0, 0.05) is 0 Å². The Morgan fingerprint density at radius 1 is 1.14 bits per heavy atom. The first-order chi connectivity index (χ1) is 2.00. The molecule has 0 rings (SSSR count). The molecule has 2 nitrogen and oxygen atoms in total. The van der Waals surface area contributed by atoms with Crippen molar-refractivity contribution in [2.75, 3.05) is 0 Å². The number of hydrogen-bond donors (Lipinski definition) is 1. The van der Waals surface area contributed by atoms with Crippen molar-refractivity contribution >= 4 is 12.4 Å². The van der Waals surface area contributed by atoms with Gasteiger partial charge in [0.05, 0.1) is 5.60 Å². The topological polar surface area (TPSA) is 51.7 Å². The van der Waals surface area contributed by atoms with Gasteiger partial charge in [-0.2, -0.15) is 0 Å². The Morgan fingerprint density at radius 2 is 1.14 bits per heavy atom. The van der Waals surface area contributed by atoms with Gasteiger partial charge in [-0.05, 0) is 20.8 Å². The van der Waals surface area contributed by atoms with Crippen LogP contribution in [0.5, 0.6) is 0 Å². The first kappa shape index (κ1) is 15.7. The molecule has 0 fully saturated rings. The molecule has 3 heteroatoms. The molecule has 0 atom stereocenters. The zero-order valence-electron chi connectivity index (χ0n) is 4.86. The molecule has 0 amide bonds. The van der Waals surface area contributed by atoms with Gasteiger partial charge in [0.1, 0.15) is 0 Å². The number of hydrogen-bond acceptors (Lipinski definition) is 1. The minimum Gasteiger partial charge on any atom is -0.412 e. The molecule has 3 N–H and O–H groups in total. The molecule has 0 saturated heterocycles. The zero-order valence-corrected chi connectivity index (χ0v) is 5.67. The number of halogens is 1. The van der Waals surface area contributed by atoms with Crippen LogP contribution in [0.3, 0.4) is 0 Å². The highest BCUT2D eigenvalue weighted by molar-refractivity contribution is 5.85. The molecule has 0 aromatic carbocycles. The Bertz CT molecular complexity index is 25.2. The fourth-order valence-corrected chi connectivity index (χ4v) is 0. The summed E-state index contributed by atoms with van der Waals surface area (Å²) < 4.78 is 0. The minimum absolute atomic E-state index is 0. The van der Waals surface area contributed by atoms with Crippen LogP contribution in [0.4, 0.5) is 0 Å². The molecule has 0 heterocycles. The molecular formula is C4H13ClO2. The fourth-order valence-electron chi connectivity index (χ4n) is 0. The minimum atomic E-state index is -0.500. The van der Waals surface area contributed by atoms with Gasteiger partial charge in [-0.3, -0.25) is 0 Å². The van der Waals surface area contributed by atoms with E-state index in [-0.39, 0.29) is 17.9 Å². The van der Waals surface area contributed by atoms with Crippen LogP contribution in [-0.2, 0) is 0 Å². The normalized spacial score (nSPS) is 8.57. The van der Waals surface area contributed by atoms with Crippen molar-refractivity contribution in [1.29, 1.82) is 0 Å². The lowest BCUT2D eigenvalue weighted by atomic mass is 10.2. The van der Waals surface area contributed by atoms with Crippen LogP contribution >= 0.6 is 12.4 Å². The third-order valence-corrected chi connectivity index (χ3v) is 0.